The Morgan fingerprint density at radius 3 is 2.63 bits per heavy atom. The van der Waals surface area contributed by atoms with Crippen molar-refractivity contribution in [3.63, 3.8) is 0 Å². The fourth-order valence-electron chi connectivity index (χ4n) is 3.84. The summed E-state index contributed by atoms with van der Waals surface area (Å²) in [5.74, 6) is 0.987. The lowest BCUT2D eigenvalue weighted by Gasteiger charge is -2.33. The first kappa shape index (κ1) is 24.4. The summed E-state index contributed by atoms with van der Waals surface area (Å²) >= 11 is 0. The monoisotopic (exact) mass is 440 g/mol. The first-order chi connectivity index (χ1) is 13.8. The molecule has 1 amide bonds. The van der Waals surface area contributed by atoms with Gasteiger partial charge < -0.3 is 15.0 Å². The molecule has 1 aliphatic rings. The van der Waals surface area contributed by atoms with Crippen molar-refractivity contribution in [3.8, 4) is 0 Å². The summed E-state index contributed by atoms with van der Waals surface area (Å²) in [5, 5.41) is 8.12. The van der Waals surface area contributed by atoms with Crippen LogP contribution in [0.1, 0.15) is 66.7 Å². The van der Waals surface area contributed by atoms with Gasteiger partial charge >= 0.3 is 6.09 Å². The Balaban J connectivity index is 1.71. The minimum atomic E-state index is -3.79. The van der Waals surface area contributed by atoms with Gasteiger partial charge in [-0.1, -0.05) is 18.9 Å². The molecule has 8 nitrogen and oxygen atoms in total. The van der Waals surface area contributed by atoms with Gasteiger partial charge in [0.2, 0.25) is 0 Å². The number of primary sulfonamides is 1. The number of nitrogens with zero attached hydrogens (tertiary/aromatic N) is 2. The molecule has 3 N–H and O–H groups in total. The molecule has 1 aromatic heterocycles. The van der Waals surface area contributed by atoms with Crippen LogP contribution in [0.5, 0.6) is 0 Å². The number of likely N-dealkylation sites (tertiary alicyclic amines) is 1. The smallest absolute Gasteiger partial charge is 0.410 e. The standard InChI is InChI=1S/C21H36N4O4S/c1-20(2,3)29-19(26)25-15-16(14-21(25,4)5)10-7-6-8-13-23-17-11-9-12-18(24-17)30(22,27)28/h9,11-12,16H,6-8,10,13-15H2,1-5H3,(H,23,24)(H2,22,27,28). The first-order valence-corrected chi connectivity index (χ1v) is 12.1. The van der Waals surface area contributed by atoms with Crippen molar-refractivity contribution in [2.75, 3.05) is 18.4 Å². The number of carbonyl (C=O) groups is 1. The van der Waals surface area contributed by atoms with E-state index in [1.807, 2.05) is 25.7 Å². The summed E-state index contributed by atoms with van der Waals surface area (Å²) in [6.07, 6.45) is 4.90. The third kappa shape index (κ3) is 7.43. The highest BCUT2D eigenvalue weighted by Crippen LogP contribution is 2.36. The second-order valence-corrected chi connectivity index (χ2v) is 11.2. The normalized spacial score (nSPS) is 19.0. The van der Waals surface area contributed by atoms with Crippen molar-refractivity contribution in [1.82, 2.24) is 9.88 Å². The number of ether oxygens (including phenoxy) is 1. The van der Waals surface area contributed by atoms with Gasteiger partial charge in [-0.25, -0.2) is 23.3 Å². The van der Waals surface area contributed by atoms with Crippen LogP contribution in [0.4, 0.5) is 10.6 Å². The maximum atomic E-state index is 12.5. The van der Waals surface area contributed by atoms with Gasteiger partial charge in [0.05, 0.1) is 0 Å². The third-order valence-electron chi connectivity index (χ3n) is 5.18. The van der Waals surface area contributed by atoms with Crippen molar-refractivity contribution < 1.29 is 17.9 Å². The molecule has 0 radical (unpaired) electrons. The molecular weight excluding hydrogens is 404 g/mol. The van der Waals surface area contributed by atoms with E-state index in [0.717, 1.165) is 38.6 Å². The summed E-state index contributed by atoms with van der Waals surface area (Å²) in [4.78, 5) is 18.4. The first-order valence-electron chi connectivity index (χ1n) is 10.5. The molecule has 1 saturated heterocycles. The number of unbranched alkanes of at least 4 members (excludes halogenated alkanes) is 2. The van der Waals surface area contributed by atoms with Gasteiger partial charge in [0.15, 0.2) is 5.03 Å². The number of hydrogen-bond acceptors (Lipinski definition) is 6. The zero-order chi connectivity index (χ0) is 22.6. The highest BCUT2D eigenvalue weighted by molar-refractivity contribution is 7.89. The second kappa shape index (κ2) is 9.51. The summed E-state index contributed by atoms with van der Waals surface area (Å²) < 4.78 is 28.3. The molecule has 1 aromatic rings. The van der Waals surface area contributed by atoms with E-state index in [9.17, 15) is 13.2 Å². The topological polar surface area (TPSA) is 115 Å². The minimum absolute atomic E-state index is 0.133. The number of anilines is 1. The Morgan fingerprint density at radius 2 is 2.00 bits per heavy atom. The number of nitrogens with one attached hydrogen (secondary N) is 1. The van der Waals surface area contributed by atoms with E-state index in [4.69, 9.17) is 9.88 Å². The lowest BCUT2D eigenvalue weighted by atomic mass is 9.93. The van der Waals surface area contributed by atoms with Crippen LogP contribution in [0.15, 0.2) is 23.2 Å². The van der Waals surface area contributed by atoms with Crippen molar-refractivity contribution in [2.24, 2.45) is 11.1 Å². The van der Waals surface area contributed by atoms with Gasteiger partial charge in [0.25, 0.3) is 10.0 Å². The van der Waals surface area contributed by atoms with Crippen molar-refractivity contribution in [3.05, 3.63) is 18.2 Å². The lowest BCUT2D eigenvalue weighted by molar-refractivity contribution is 0.0131. The van der Waals surface area contributed by atoms with E-state index < -0.39 is 15.6 Å². The van der Waals surface area contributed by atoms with Crippen LogP contribution in [-0.2, 0) is 14.8 Å². The van der Waals surface area contributed by atoms with Crippen LogP contribution in [0, 0.1) is 5.92 Å². The maximum absolute atomic E-state index is 12.5. The van der Waals surface area contributed by atoms with Crippen molar-refractivity contribution >= 4 is 21.9 Å². The zero-order valence-electron chi connectivity index (χ0n) is 18.8. The van der Waals surface area contributed by atoms with Gasteiger partial charge in [-0.15, -0.1) is 0 Å². The fraction of sp³-hybridized carbons (Fsp3) is 0.714. The van der Waals surface area contributed by atoms with Gasteiger partial charge in [-0.3, -0.25) is 0 Å². The molecule has 1 unspecified atom stereocenters. The van der Waals surface area contributed by atoms with Crippen LogP contribution >= 0.6 is 0 Å². The van der Waals surface area contributed by atoms with Gasteiger partial charge in [0.1, 0.15) is 11.4 Å². The number of nitrogens with two attached hydrogens (primary N) is 1. The largest absolute Gasteiger partial charge is 0.444 e. The van der Waals surface area contributed by atoms with E-state index in [1.165, 1.54) is 6.07 Å². The van der Waals surface area contributed by atoms with Gasteiger partial charge in [-0.2, -0.15) is 0 Å². The molecule has 0 saturated carbocycles. The molecule has 1 atom stereocenters. The predicted octanol–water partition coefficient (Wildman–Crippen LogP) is 3.74. The van der Waals surface area contributed by atoms with Crippen LogP contribution in [-0.4, -0.2) is 48.6 Å². The molecule has 0 bridgehead atoms. The quantitative estimate of drug-likeness (QED) is 0.595. The summed E-state index contributed by atoms with van der Waals surface area (Å²) in [7, 11) is -3.79. The number of hydrogen-bond donors (Lipinski definition) is 2. The fourth-order valence-corrected chi connectivity index (χ4v) is 4.34. The van der Waals surface area contributed by atoms with Crippen LogP contribution in [0.3, 0.4) is 0 Å². The molecular formula is C21H36N4O4S. The third-order valence-corrected chi connectivity index (χ3v) is 5.99. The van der Waals surface area contributed by atoms with Gasteiger partial charge in [0, 0.05) is 18.6 Å². The van der Waals surface area contributed by atoms with Crippen LogP contribution < -0.4 is 10.5 Å². The Bertz CT molecular complexity index is 834. The molecule has 1 aliphatic heterocycles. The molecule has 1 fully saturated rings. The van der Waals surface area contributed by atoms with Crippen LogP contribution in [0.2, 0.25) is 0 Å². The zero-order valence-corrected chi connectivity index (χ0v) is 19.6. The number of pyridine rings is 1. The molecule has 170 valence electrons. The van der Waals surface area contributed by atoms with Crippen molar-refractivity contribution in [1.29, 1.82) is 0 Å². The Morgan fingerprint density at radius 1 is 1.30 bits per heavy atom. The number of aromatic nitrogens is 1. The SMILES string of the molecule is CC(C)(C)OC(=O)N1CC(CCCCCNc2cccc(S(N)(=O)=O)n2)CC1(C)C. The Kier molecular flexibility index (Phi) is 7.74. The lowest BCUT2D eigenvalue weighted by Crippen LogP contribution is -2.45. The van der Waals surface area contributed by atoms with E-state index in [1.54, 1.807) is 12.1 Å². The van der Waals surface area contributed by atoms with Crippen LogP contribution in [0.25, 0.3) is 0 Å². The predicted molar refractivity (Wildman–Crippen MR) is 118 cm³/mol. The highest BCUT2D eigenvalue weighted by Gasteiger charge is 2.42. The maximum Gasteiger partial charge on any atom is 0.410 e. The summed E-state index contributed by atoms with van der Waals surface area (Å²) in [6.45, 7) is 11.3. The van der Waals surface area contributed by atoms with E-state index in [0.29, 0.717) is 18.3 Å². The van der Waals surface area contributed by atoms with E-state index in [-0.39, 0.29) is 16.7 Å². The Hall–Kier alpha value is -1.87. The number of sulfonamides is 1. The van der Waals surface area contributed by atoms with E-state index in [2.05, 4.69) is 24.1 Å². The molecule has 2 rings (SSSR count). The van der Waals surface area contributed by atoms with Gasteiger partial charge in [-0.05, 0) is 71.9 Å². The molecule has 30 heavy (non-hydrogen) atoms. The number of rotatable bonds is 8. The molecule has 0 aliphatic carbocycles. The number of amides is 1. The van der Waals surface area contributed by atoms with Crippen molar-refractivity contribution in [2.45, 2.75) is 82.9 Å². The highest BCUT2D eigenvalue weighted by atomic mass is 32.2. The molecule has 0 aromatic carbocycles. The number of carbonyl (C=O) groups excluding carboxylic acids is 1. The second-order valence-electron chi connectivity index (χ2n) is 9.66. The average Bonchev–Trinajstić information content (AvgIpc) is 2.90. The molecule has 9 heteroatoms. The minimum Gasteiger partial charge on any atom is -0.444 e. The molecule has 0 spiro atoms. The summed E-state index contributed by atoms with van der Waals surface area (Å²) in [6, 6.07) is 4.72. The average molecular weight is 441 g/mol. The molecule has 2 heterocycles. The summed E-state index contributed by atoms with van der Waals surface area (Å²) in [5.41, 5.74) is -0.671. The Labute approximate surface area is 180 Å². The van der Waals surface area contributed by atoms with E-state index >= 15 is 0 Å².